The summed E-state index contributed by atoms with van der Waals surface area (Å²) in [7, 11) is 0. The first-order valence-electron chi connectivity index (χ1n) is 3.63. The minimum Gasteiger partial charge on any atom is -0.0885 e. The zero-order valence-corrected chi connectivity index (χ0v) is 5.72. The molecule has 0 aliphatic heterocycles. The lowest BCUT2D eigenvalue weighted by molar-refractivity contribution is 0.998. The van der Waals surface area contributed by atoms with Gasteiger partial charge in [-0.2, -0.15) is 0 Å². The standard InChI is InChI=1S/C9H13/c1-2-4-6-8-9-7-5-3-1/h1-3,8-9H,4-7H2. The van der Waals surface area contributed by atoms with E-state index in [1.807, 2.05) is 0 Å². The summed E-state index contributed by atoms with van der Waals surface area (Å²) in [6.45, 7) is 0. The average molecular weight is 121 g/mol. The second-order valence-electron chi connectivity index (χ2n) is 2.29. The van der Waals surface area contributed by atoms with Crippen molar-refractivity contribution >= 4 is 0 Å². The first kappa shape index (κ1) is 6.60. The Morgan fingerprint density at radius 2 is 1.33 bits per heavy atom. The van der Waals surface area contributed by atoms with Gasteiger partial charge in [0.1, 0.15) is 0 Å². The molecule has 0 aromatic heterocycles. The van der Waals surface area contributed by atoms with Crippen LogP contribution in [0.2, 0.25) is 0 Å². The van der Waals surface area contributed by atoms with Crippen LogP contribution in [0, 0.1) is 6.42 Å². The molecule has 0 aromatic rings. The Morgan fingerprint density at radius 3 is 2.22 bits per heavy atom. The Morgan fingerprint density at radius 1 is 0.667 bits per heavy atom. The molecule has 1 rings (SSSR count). The van der Waals surface area contributed by atoms with E-state index in [1.165, 1.54) is 25.7 Å². The molecule has 0 spiro atoms. The van der Waals surface area contributed by atoms with Crippen LogP contribution in [-0.2, 0) is 0 Å². The molecule has 9 heavy (non-hydrogen) atoms. The van der Waals surface area contributed by atoms with Gasteiger partial charge in [0.2, 0.25) is 0 Å². The quantitative estimate of drug-likeness (QED) is 0.432. The average Bonchev–Trinajstić information content (AvgIpc) is 2.00. The van der Waals surface area contributed by atoms with Gasteiger partial charge in [-0.05, 0) is 32.1 Å². The molecule has 1 radical (unpaired) electrons. The Kier molecular flexibility index (Phi) is 3.20. The molecule has 0 unspecified atom stereocenters. The van der Waals surface area contributed by atoms with Gasteiger partial charge in [-0.3, -0.25) is 0 Å². The summed E-state index contributed by atoms with van der Waals surface area (Å²) in [4.78, 5) is 0. The number of rotatable bonds is 0. The van der Waals surface area contributed by atoms with E-state index in [9.17, 15) is 0 Å². The fourth-order valence-corrected chi connectivity index (χ4v) is 0.909. The van der Waals surface area contributed by atoms with Crippen molar-refractivity contribution in [3.63, 3.8) is 0 Å². The highest BCUT2D eigenvalue weighted by Crippen LogP contribution is 2.03. The summed E-state index contributed by atoms with van der Waals surface area (Å²) < 4.78 is 0. The van der Waals surface area contributed by atoms with Crippen LogP contribution in [-0.4, -0.2) is 0 Å². The lowest BCUT2D eigenvalue weighted by atomic mass is 10.2. The molecule has 0 N–H and O–H groups in total. The molecular weight excluding hydrogens is 108 g/mol. The van der Waals surface area contributed by atoms with Gasteiger partial charge in [0.05, 0.1) is 0 Å². The molecular formula is C9H13. The van der Waals surface area contributed by atoms with Crippen molar-refractivity contribution in [2.24, 2.45) is 0 Å². The van der Waals surface area contributed by atoms with Crippen LogP contribution in [0.5, 0.6) is 0 Å². The van der Waals surface area contributed by atoms with Crippen molar-refractivity contribution in [2.45, 2.75) is 25.7 Å². The summed E-state index contributed by atoms with van der Waals surface area (Å²) in [5.41, 5.74) is 0. The van der Waals surface area contributed by atoms with Crippen LogP contribution in [0.15, 0.2) is 24.3 Å². The zero-order valence-electron chi connectivity index (χ0n) is 5.72. The predicted octanol–water partition coefficient (Wildman–Crippen LogP) is 2.88. The summed E-state index contributed by atoms with van der Waals surface area (Å²) in [5, 5.41) is 0. The van der Waals surface area contributed by atoms with Crippen molar-refractivity contribution in [3.05, 3.63) is 30.7 Å². The molecule has 0 heterocycles. The molecule has 49 valence electrons. The van der Waals surface area contributed by atoms with Crippen LogP contribution in [0.4, 0.5) is 0 Å². The molecule has 0 fully saturated rings. The minimum absolute atomic E-state index is 1.20. The maximum absolute atomic E-state index is 2.27. The maximum atomic E-state index is 2.27. The van der Waals surface area contributed by atoms with E-state index in [-0.39, 0.29) is 0 Å². The Bertz CT molecular complexity index is 95.2. The SMILES string of the molecule is [CH]1C=CCCC=CCC1. The third-order valence-corrected chi connectivity index (χ3v) is 1.44. The largest absolute Gasteiger partial charge is 0.0885 e. The predicted molar refractivity (Wildman–Crippen MR) is 41.0 cm³/mol. The fraction of sp³-hybridized carbons (Fsp3) is 0.444. The first-order valence-corrected chi connectivity index (χ1v) is 3.63. The van der Waals surface area contributed by atoms with Crippen molar-refractivity contribution in [3.8, 4) is 0 Å². The second kappa shape index (κ2) is 4.37. The zero-order chi connectivity index (χ0) is 6.36. The van der Waals surface area contributed by atoms with E-state index in [2.05, 4.69) is 30.7 Å². The molecule has 0 nitrogen and oxygen atoms in total. The van der Waals surface area contributed by atoms with Crippen LogP contribution in [0.1, 0.15) is 25.7 Å². The summed E-state index contributed by atoms with van der Waals surface area (Å²) in [5.74, 6) is 0. The number of hydrogen-bond donors (Lipinski definition) is 0. The van der Waals surface area contributed by atoms with Gasteiger partial charge < -0.3 is 0 Å². The molecule has 0 saturated carbocycles. The van der Waals surface area contributed by atoms with E-state index >= 15 is 0 Å². The highest BCUT2D eigenvalue weighted by molar-refractivity contribution is 4.99. The monoisotopic (exact) mass is 121 g/mol. The fourth-order valence-electron chi connectivity index (χ4n) is 0.909. The van der Waals surface area contributed by atoms with E-state index < -0.39 is 0 Å². The molecule has 1 aliphatic rings. The van der Waals surface area contributed by atoms with Crippen molar-refractivity contribution in [1.29, 1.82) is 0 Å². The van der Waals surface area contributed by atoms with E-state index in [0.29, 0.717) is 0 Å². The van der Waals surface area contributed by atoms with Gasteiger partial charge in [-0.1, -0.05) is 24.3 Å². The van der Waals surface area contributed by atoms with Gasteiger partial charge in [0.25, 0.3) is 0 Å². The summed E-state index contributed by atoms with van der Waals surface area (Å²) in [6.07, 6.45) is 16.0. The lowest BCUT2D eigenvalue weighted by Crippen LogP contribution is -1.67. The van der Waals surface area contributed by atoms with E-state index in [4.69, 9.17) is 0 Å². The first-order chi connectivity index (χ1) is 4.50. The summed E-state index contributed by atoms with van der Waals surface area (Å²) >= 11 is 0. The minimum atomic E-state index is 1.20. The number of hydrogen-bond acceptors (Lipinski definition) is 0. The van der Waals surface area contributed by atoms with Gasteiger partial charge in [-0.15, -0.1) is 0 Å². The Labute approximate surface area is 57.3 Å². The normalized spacial score (nSPS) is 20.4. The van der Waals surface area contributed by atoms with Crippen molar-refractivity contribution in [1.82, 2.24) is 0 Å². The third-order valence-electron chi connectivity index (χ3n) is 1.44. The Balaban J connectivity index is 2.28. The molecule has 0 saturated heterocycles. The van der Waals surface area contributed by atoms with Gasteiger partial charge >= 0.3 is 0 Å². The van der Waals surface area contributed by atoms with Crippen LogP contribution < -0.4 is 0 Å². The van der Waals surface area contributed by atoms with Gasteiger partial charge in [-0.25, -0.2) is 0 Å². The molecule has 1 aliphatic carbocycles. The van der Waals surface area contributed by atoms with Crippen LogP contribution >= 0.6 is 0 Å². The lowest BCUT2D eigenvalue weighted by Gasteiger charge is -1.85. The molecule has 0 amide bonds. The van der Waals surface area contributed by atoms with Crippen molar-refractivity contribution in [2.75, 3.05) is 0 Å². The smallest absolute Gasteiger partial charge is 0.0167 e. The number of allylic oxidation sites excluding steroid dienone is 4. The molecule has 0 heteroatoms. The molecule has 0 aromatic carbocycles. The summed E-state index contributed by atoms with van der Waals surface area (Å²) in [6, 6.07) is 0. The second-order valence-corrected chi connectivity index (χ2v) is 2.29. The van der Waals surface area contributed by atoms with Gasteiger partial charge in [0.15, 0.2) is 0 Å². The molecule has 0 bridgehead atoms. The van der Waals surface area contributed by atoms with Crippen LogP contribution in [0.25, 0.3) is 0 Å². The third kappa shape index (κ3) is 3.12. The van der Waals surface area contributed by atoms with E-state index in [0.717, 1.165) is 0 Å². The highest BCUT2D eigenvalue weighted by atomic mass is 13.9. The topological polar surface area (TPSA) is 0 Å². The highest BCUT2D eigenvalue weighted by Gasteiger charge is 1.84. The van der Waals surface area contributed by atoms with Gasteiger partial charge in [0, 0.05) is 0 Å². The Hall–Kier alpha value is -0.520. The molecule has 0 atom stereocenters. The van der Waals surface area contributed by atoms with E-state index in [1.54, 1.807) is 0 Å². The van der Waals surface area contributed by atoms with Crippen molar-refractivity contribution < 1.29 is 0 Å². The maximum Gasteiger partial charge on any atom is -0.0167 e. The van der Waals surface area contributed by atoms with Crippen LogP contribution in [0.3, 0.4) is 0 Å².